The number of ether oxygens (including phenoxy) is 1. The van der Waals surface area contributed by atoms with Crippen LogP contribution in [0.2, 0.25) is 5.02 Å². The summed E-state index contributed by atoms with van der Waals surface area (Å²) in [5.74, 6) is 2.30. The first-order chi connectivity index (χ1) is 37.8. The number of para-hydroxylation sites is 4. The average molecular weight is 1080 g/mol. The molecule has 2 aliphatic rings. The van der Waals surface area contributed by atoms with Crippen LogP contribution in [0.3, 0.4) is 0 Å². The number of hydrogen-bond acceptors (Lipinski definition) is 9. The van der Waals surface area contributed by atoms with Gasteiger partial charge in [0.15, 0.2) is 0 Å². The average Bonchev–Trinajstić information content (AvgIpc) is 4.05. The van der Waals surface area contributed by atoms with Crippen molar-refractivity contribution in [1.29, 1.82) is 0 Å². The second-order valence-electron chi connectivity index (χ2n) is 20.2. The Hall–Kier alpha value is -7.40. The summed E-state index contributed by atoms with van der Waals surface area (Å²) >= 11 is 6.08. The van der Waals surface area contributed by atoms with Crippen LogP contribution in [0.15, 0.2) is 146 Å². The number of piperidine rings is 2. The molecule has 2 aromatic heterocycles. The van der Waals surface area contributed by atoms with Crippen molar-refractivity contribution in [1.82, 2.24) is 28.9 Å². The van der Waals surface area contributed by atoms with E-state index >= 15 is 0 Å². The number of fused-ring (bicyclic) bond motifs is 2. The number of amides is 2. The predicted octanol–water partition coefficient (Wildman–Crippen LogP) is 13.0. The molecule has 0 bridgehead atoms. The highest BCUT2D eigenvalue weighted by atomic mass is 35.5. The Labute approximate surface area is 459 Å². The van der Waals surface area contributed by atoms with E-state index in [1.54, 1.807) is 19.1 Å². The van der Waals surface area contributed by atoms with Gasteiger partial charge >= 0.3 is 6.36 Å². The fourth-order valence-electron chi connectivity index (χ4n) is 10.7. The lowest BCUT2D eigenvalue weighted by Crippen LogP contribution is -2.34. The normalized spacial score (nSPS) is 14.7. The van der Waals surface area contributed by atoms with Crippen molar-refractivity contribution in [2.45, 2.75) is 83.7 Å². The summed E-state index contributed by atoms with van der Waals surface area (Å²) in [6.07, 6.45) is 1.70. The molecule has 2 amide bonds. The van der Waals surface area contributed by atoms with E-state index in [9.17, 15) is 22.8 Å². The van der Waals surface area contributed by atoms with Gasteiger partial charge in [-0.15, -0.1) is 13.2 Å². The summed E-state index contributed by atoms with van der Waals surface area (Å²) < 4.78 is 46.5. The lowest BCUT2D eigenvalue weighted by molar-refractivity contribution is -0.274. The molecule has 0 unspecified atom stereocenters. The van der Waals surface area contributed by atoms with Gasteiger partial charge in [-0.3, -0.25) is 9.59 Å². The van der Waals surface area contributed by atoms with Gasteiger partial charge in [0.05, 0.1) is 35.2 Å². The largest absolute Gasteiger partial charge is 0.573 e. The monoisotopic (exact) mass is 1080 g/mol. The number of benzene rings is 6. The van der Waals surface area contributed by atoms with Crippen LogP contribution >= 0.6 is 11.6 Å². The van der Waals surface area contributed by atoms with Gasteiger partial charge in [0, 0.05) is 43.3 Å². The lowest BCUT2D eigenvalue weighted by atomic mass is 9.89. The molecule has 10 rings (SSSR count). The summed E-state index contributed by atoms with van der Waals surface area (Å²) in [5, 5.41) is 13.6. The van der Waals surface area contributed by atoms with E-state index < -0.39 is 6.36 Å². The maximum Gasteiger partial charge on any atom is 0.573 e. The van der Waals surface area contributed by atoms with E-state index in [0.29, 0.717) is 29.9 Å². The summed E-state index contributed by atoms with van der Waals surface area (Å²) in [7, 11) is 0. The van der Waals surface area contributed by atoms with Crippen LogP contribution in [0.25, 0.3) is 22.1 Å². The molecular weight excluding hydrogens is 1010 g/mol. The topological polar surface area (TPSA) is 134 Å². The molecule has 408 valence electrons. The van der Waals surface area contributed by atoms with Crippen LogP contribution in [0.4, 0.5) is 36.4 Å². The van der Waals surface area contributed by atoms with E-state index in [-0.39, 0.29) is 17.6 Å². The minimum atomic E-state index is -4.73. The molecule has 4 heterocycles. The van der Waals surface area contributed by atoms with E-state index in [0.717, 1.165) is 142 Å². The fraction of sp³-hybridized carbons (Fsp3) is 0.344. The standard InChI is InChI=1S/C31H34F3N5O2.C30H34ClN5O/c1-22(40)36-26-9-5-8-25(20-26)24-13-17-38(18-14-24)16-6-15-35-30-37-28-11-2-3-12-29(28)39(30)21-23-7-4-10-27(19-23)41-31(32,33)34;1-22(37)33-27-7-4-6-25(20-27)24-14-18-35(19-15-24)17-5-16-32-30-34-28-8-2-3-9-29(28)36(30)21-23-10-12-26(31)13-11-23/h2-5,7-12,19-20,24H,6,13-18,21H2,1H3,(H,35,37)(H,36,40);2-4,6-13,20,24H,5,14-19,21H2,1H3,(H,32,34)(H,33,37). The third-order valence-electron chi connectivity index (χ3n) is 14.4. The highest BCUT2D eigenvalue weighted by Crippen LogP contribution is 2.32. The Kier molecular flexibility index (Phi) is 18.7. The summed E-state index contributed by atoms with van der Waals surface area (Å²) in [5.41, 5.74) is 10.1. The van der Waals surface area contributed by atoms with Crippen molar-refractivity contribution in [3.8, 4) is 5.75 Å². The van der Waals surface area contributed by atoms with Crippen molar-refractivity contribution >= 4 is 68.8 Å². The number of imidazole rings is 2. The highest BCUT2D eigenvalue weighted by molar-refractivity contribution is 6.30. The minimum absolute atomic E-state index is 0.0267. The maximum atomic E-state index is 12.7. The Morgan fingerprint density at radius 2 is 1.04 bits per heavy atom. The lowest BCUT2D eigenvalue weighted by Gasteiger charge is -2.32. The molecule has 17 heteroatoms. The van der Waals surface area contributed by atoms with Gasteiger partial charge in [-0.2, -0.15) is 0 Å². The Morgan fingerprint density at radius 3 is 1.51 bits per heavy atom. The third-order valence-corrected chi connectivity index (χ3v) is 14.7. The Bertz CT molecular complexity index is 3260. The number of hydrogen-bond donors (Lipinski definition) is 4. The zero-order valence-electron chi connectivity index (χ0n) is 44.2. The Balaban J connectivity index is 0.000000191. The van der Waals surface area contributed by atoms with Gasteiger partial charge in [0.1, 0.15) is 5.75 Å². The molecule has 0 aliphatic carbocycles. The van der Waals surface area contributed by atoms with E-state index in [2.05, 4.69) is 95.0 Å². The van der Waals surface area contributed by atoms with Crippen LogP contribution in [0.5, 0.6) is 5.75 Å². The number of alkyl halides is 3. The Morgan fingerprint density at radius 1 is 0.577 bits per heavy atom. The molecule has 2 fully saturated rings. The third kappa shape index (κ3) is 15.6. The number of rotatable bonds is 19. The van der Waals surface area contributed by atoms with E-state index in [4.69, 9.17) is 21.6 Å². The molecule has 0 spiro atoms. The summed E-state index contributed by atoms with van der Waals surface area (Å²) in [6, 6.07) is 46.5. The van der Waals surface area contributed by atoms with Gasteiger partial charge in [-0.05, 0) is 185 Å². The van der Waals surface area contributed by atoms with E-state index in [1.807, 2.05) is 71.3 Å². The fourth-order valence-corrected chi connectivity index (χ4v) is 10.8. The first-order valence-corrected chi connectivity index (χ1v) is 27.3. The van der Waals surface area contributed by atoms with Crippen LogP contribution in [-0.2, 0) is 22.7 Å². The van der Waals surface area contributed by atoms with Crippen molar-refractivity contribution in [3.05, 3.63) is 173 Å². The second kappa shape index (κ2) is 26.3. The second-order valence-corrected chi connectivity index (χ2v) is 20.7. The molecule has 78 heavy (non-hydrogen) atoms. The first kappa shape index (κ1) is 55.4. The quantitative estimate of drug-likeness (QED) is 0.0584. The molecule has 13 nitrogen and oxygen atoms in total. The van der Waals surface area contributed by atoms with Gasteiger partial charge < -0.3 is 44.9 Å². The van der Waals surface area contributed by atoms with Gasteiger partial charge in [0.2, 0.25) is 23.7 Å². The maximum absolute atomic E-state index is 12.7. The number of likely N-dealkylation sites (tertiary alicyclic amines) is 2. The van der Waals surface area contributed by atoms with Crippen LogP contribution in [0, 0.1) is 0 Å². The SMILES string of the molecule is CC(=O)Nc1cccc(C2CCN(CCCNc3nc4ccccc4n3Cc3ccc(Cl)cc3)CC2)c1.CC(=O)Nc1cccc(C2CCN(CCCNc3nc4ccccc4n3Cc3cccc(OC(F)(F)F)c3)CC2)c1. The van der Waals surface area contributed by atoms with Crippen LogP contribution in [-0.4, -0.2) is 99.4 Å². The number of carbonyl (C=O) groups is 2. The van der Waals surface area contributed by atoms with Crippen molar-refractivity contribution in [2.75, 3.05) is 73.6 Å². The van der Waals surface area contributed by atoms with Gasteiger partial charge in [-0.1, -0.05) is 84.4 Å². The van der Waals surface area contributed by atoms with Gasteiger partial charge in [0.25, 0.3) is 0 Å². The summed E-state index contributed by atoms with van der Waals surface area (Å²) in [4.78, 5) is 37.4. The summed E-state index contributed by atoms with van der Waals surface area (Å²) in [6.45, 7) is 12.0. The van der Waals surface area contributed by atoms with Crippen molar-refractivity contribution in [3.63, 3.8) is 0 Å². The number of aromatic nitrogens is 4. The van der Waals surface area contributed by atoms with E-state index in [1.165, 1.54) is 35.7 Å². The van der Waals surface area contributed by atoms with Crippen molar-refractivity contribution in [2.24, 2.45) is 0 Å². The van der Waals surface area contributed by atoms with Crippen molar-refractivity contribution < 1.29 is 27.5 Å². The smallest absolute Gasteiger partial charge is 0.406 e. The number of carbonyl (C=O) groups excluding carboxylic acids is 2. The zero-order chi connectivity index (χ0) is 54.4. The molecule has 0 saturated carbocycles. The predicted molar refractivity (Wildman–Crippen MR) is 307 cm³/mol. The van der Waals surface area contributed by atoms with Crippen LogP contribution < -0.4 is 26.0 Å². The molecule has 2 saturated heterocycles. The molecular formula is C61H68ClF3N10O3. The first-order valence-electron chi connectivity index (χ1n) is 27.0. The molecule has 0 radical (unpaired) electrons. The molecule has 6 aromatic carbocycles. The molecule has 2 aliphatic heterocycles. The van der Waals surface area contributed by atoms with Gasteiger partial charge in [-0.25, -0.2) is 9.97 Å². The highest BCUT2D eigenvalue weighted by Gasteiger charge is 2.31. The minimum Gasteiger partial charge on any atom is -0.406 e. The molecule has 0 atom stereocenters. The molecule has 8 aromatic rings. The zero-order valence-corrected chi connectivity index (χ0v) is 45.0. The number of nitrogens with one attached hydrogen (secondary N) is 4. The number of halogens is 4. The van der Waals surface area contributed by atoms with Crippen LogP contribution in [0.1, 0.15) is 86.5 Å². The number of nitrogens with zero attached hydrogens (tertiary/aromatic N) is 6. The molecule has 4 N–H and O–H groups in total. The number of anilines is 4.